The number of hydrogen-bond donors (Lipinski definition) is 4. The number of nitrogens with zero attached hydrogens (tertiary/aromatic N) is 1. The second kappa shape index (κ2) is 7.24. The maximum absolute atomic E-state index is 11.5. The van der Waals surface area contributed by atoms with Crippen molar-refractivity contribution in [2.45, 2.75) is 31.2 Å². The fraction of sp³-hybridized carbons (Fsp3) is 0.533. The Morgan fingerprint density at radius 2 is 2.05 bits per heavy atom. The molecule has 0 unspecified atom stereocenters. The van der Waals surface area contributed by atoms with E-state index in [-0.39, 0.29) is 12.2 Å². The number of piperidine rings is 1. The summed E-state index contributed by atoms with van der Waals surface area (Å²) in [6.45, 7) is 1.66. The molecule has 0 spiro atoms. The smallest absolute Gasteiger partial charge is 0.451 e. The summed E-state index contributed by atoms with van der Waals surface area (Å²) in [6, 6.07) is 9.84. The molecule has 1 fully saturated rings. The predicted molar refractivity (Wildman–Crippen MR) is 84.0 cm³/mol. The van der Waals surface area contributed by atoms with E-state index >= 15 is 0 Å². The lowest BCUT2D eigenvalue weighted by molar-refractivity contribution is -0.146. The van der Waals surface area contributed by atoms with Gasteiger partial charge in [0.1, 0.15) is 5.54 Å². The Balaban J connectivity index is 2.06. The predicted octanol–water partition coefficient (Wildman–Crippen LogP) is 0.154. The molecule has 5 N–H and O–H groups in total. The molecule has 6 nitrogen and oxygen atoms in total. The third kappa shape index (κ3) is 4.54. The van der Waals surface area contributed by atoms with Crippen LogP contribution in [0.15, 0.2) is 30.3 Å². The summed E-state index contributed by atoms with van der Waals surface area (Å²) in [6.07, 6.45) is 1.15. The molecule has 7 heteroatoms. The Morgan fingerprint density at radius 1 is 1.36 bits per heavy atom. The molecule has 0 aliphatic carbocycles. The highest BCUT2D eigenvalue weighted by Crippen LogP contribution is 2.28. The number of carbonyl (C=O) groups is 1. The van der Waals surface area contributed by atoms with Gasteiger partial charge >= 0.3 is 13.1 Å². The lowest BCUT2D eigenvalue weighted by Crippen LogP contribution is -2.61. The highest BCUT2D eigenvalue weighted by atomic mass is 16.4. The third-order valence-electron chi connectivity index (χ3n) is 4.18. The molecule has 1 aliphatic heterocycles. The lowest BCUT2D eigenvalue weighted by atomic mass is 9.75. The summed E-state index contributed by atoms with van der Waals surface area (Å²) in [4.78, 5) is 13.6. The van der Waals surface area contributed by atoms with E-state index < -0.39 is 18.6 Å². The van der Waals surface area contributed by atoms with E-state index in [1.54, 1.807) is 0 Å². The van der Waals surface area contributed by atoms with Crippen LogP contribution in [0.2, 0.25) is 6.32 Å². The molecular formula is C15H23BN2O4. The number of rotatable bonds is 6. The third-order valence-corrected chi connectivity index (χ3v) is 4.18. The fourth-order valence-corrected chi connectivity index (χ4v) is 3.17. The fourth-order valence-electron chi connectivity index (χ4n) is 3.17. The van der Waals surface area contributed by atoms with Crippen molar-refractivity contribution in [1.82, 2.24) is 4.90 Å². The van der Waals surface area contributed by atoms with Gasteiger partial charge in [-0.3, -0.25) is 9.69 Å². The molecule has 0 aromatic heterocycles. The molecule has 2 atom stereocenters. The van der Waals surface area contributed by atoms with Crippen molar-refractivity contribution in [3.05, 3.63) is 35.9 Å². The molecule has 1 aliphatic rings. The minimum absolute atomic E-state index is 0.0420. The summed E-state index contributed by atoms with van der Waals surface area (Å²) in [7, 11) is -1.36. The first-order valence-electron chi connectivity index (χ1n) is 7.54. The van der Waals surface area contributed by atoms with Crippen LogP contribution in [0.3, 0.4) is 0 Å². The first-order valence-corrected chi connectivity index (χ1v) is 7.54. The van der Waals surface area contributed by atoms with Crippen molar-refractivity contribution >= 4 is 13.1 Å². The second-order valence-electron chi connectivity index (χ2n) is 6.24. The number of nitrogens with two attached hydrogens (primary N) is 1. The van der Waals surface area contributed by atoms with Gasteiger partial charge in [-0.2, -0.15) is 0 Å². The maximum Gasteiger partial charge on any atom is 0.451 e. The van der Waals surface area contributed by atoms with Crippen LogP contribution >= 0.6 is 0 Å². The summed E-state index contributed by atoms with van der Waals surface area (Å²) in [5.74, 6) is -0.958. The van der Waals surface area contributed by atoms with Gasteiger partial charge in [0.2, 0.25) is 0 Å². The molecule has 0 amide bonds. The average molecular weight is 306 g/mol. The highest BCUT2D eigenvalue weighted by Gasteiger charge is 2.42. The van der Waals surface area contributed by atoms with Crippen molar-refractivity contribution in [1.29, 1.82) is 0 Å². The number of hydrogen-bond acceptors (Lipinski definition) is 5. The molecule has 0 radical (unpaired) electrons. The minimum Gasteiger partial charge on any atom is -0.480 e. The minimum atomic E-state index is -1.36. The van der Waals surface area contributed by atoms with Gasteiger partial charge in [0.25, 0.3) is 0 Å². The summed E-state index contributed by atoms with van der Waals surface area (Å²) in [5, 5.41) is 27.5. The molecule has 1 heterocycles. The first-order chi connectivity index (χ1) is 10.4. The molecule has 120 valence electrons. The normalized spacial score (nSPS) is 25.9. The number of carboxylic acid groups (broad SMARTS) is 1. The Hall–Kier alpha value is -1.41. The number of aliphatic carboxylic acids is 1. The zero-order valence-electron chi connectivity index (χ0n) is 12.6. The van der Waals surface area contributed by atoms with Gasteiger partial charge in [-0.25, -0.2) is 0 Å². The Labute approximate surface area is 130 Å². The van der Waals surface area contributed by atoms with Crippen LogP contribution in [0, 0.1) is 5.92 Å². The van der Waals surface area contributed by atoms with Gasteiger partial charge in [0, 0.05) is 19.6 Å². The Kier molecular flexibility index (Phi) is 5.58. The van der Waals surface area contributed by atoms with Gasteiger partial charge < -0.3 is 20.9 Å². The Morgan fingerprint density at radius 3 is 2.64 bits per heavy atom. The van der Waals surface area contributed by atoms with Crippen molar-refractivity contribution in [2.24, 2.45) is 11.7 Å². The molecule has 1 saturated heterocycles. The first kappa shape index (κ1) is 17.0. The second-order valence-corrected chi connectivity index (χ2v) is 6.24. The average Bonchev–Trinajstić information content (AvgIpc) is 2.45. The maximum atomic E-state index is 11.5. The van der Waals surface area contributed by atoms with Crippen LogP contribution < -0.4 is 5.73 Å². The standard InChI is InChI=1S/C15H23BN2O4/c17-15(14(19)20)8-13(6-7-16(21)22)10-18(11-15)9-12-4-2-1-3-5-12/h1-5,13,21-22H,6-11,17H2,(H,19,20)/t13-,15+/m1/s1. The van der Waals surface area contributed by atoms with E-state index in [9.17, 15) is 9.90 Å². The van der Waals surface area contributed by atoms with Crippen molar-refractivity contribution < 1.29 is 19.9 Å². The molecule has 2 rings (SSSR count). The van der Waals surface area contributed by atoms with Crippen molar-refractivity contribution in [2.75, 3.05) is 13.1 Å². The van der Waals surface area contributed by atoms with Crippen LogP contribution in [0.4, 0.5) is 0 Å². The van der Waals surface area contributed by atoms with Gasteiger partial charge in [-0.15, -0.1) is 0 Å². The lowest BCUT2D eigenvalue weighted by Gasteiger charge is -2.42. The SMILES string of the molecule is N[C@@]1(C(=O)O)C[C@@H](CCB(O)O)CN(Cc2ccccc2)C1. The van der Waals surface area contributed by atoms with E-state index in [4.69, 9.17) is 15.8 Å². The van der Waals surface area contributed by atoms with Gasteiger partial charge in [-0.05, 0) is 24.2 Å². The zero-order chi connectivity index (χ0) is 16.2. The van der Waals surface area contributed by atoms with Crippen molar-refractivity contribution in [3.8, 4) is 0 Å². The molecule has 1 aromatic rings. The van der Waals surface area contributed by atoms with E-state index in [1.165, 1.54) is 0 Å². The van der Waals surface area contributed by atoms with Crippen molar-refractivity contribution in [3.63, 3.8) is 0 Å². The molecule has 0 saturated carbocycles. The molecule has 0 bridgehead atoms. The zero-order valence-corrected chi connectivity index (χ0v) is 12.6. The van der Waals surface area contributed by atoms with Gasteiger partial charge in [-0.1, -0.05) is 36.8 Å². The number of likely N-dealkylation sites (tertiary alicyclic amines) is 1. The highest BCUT2D eigenvalue weighted by molar-refractivity contribution is 6.40. The number of carboxylic acids is 1. The summed E-state index contributed by atoms with van der Waals surface area (Å²) >= 11 is 0. The van der Waals surface area contributed by atoms with E-state index in [0.717, 1.165) is 5.56 Å². The van der Waals surface area contributed by atoms with E-state index in [2.05, 4.69) is 0 Å². The molecular weight excluding hydrogens is 283 g/mol. The van der Waals surface area contributed by atoms with Crippen LogP contribution in [-0.4, -0.2) is 51.8 Å². The summed E-state index contributed by atoms with van der Waals surface area (Å²) < 4.78 is 0. The van der Waals surface area contributed by atoms with E-state index in [0.29, 0.717) is 32.5 Å². The van der Waals surface area contributed by atoms with Crippen LogP contribution in [-0.2, 0) is 11.3 Å². The Bertz CT molecular complexity index is 500. The molecule has 22 heavy (non-hydrogen) atoms. The van der Waals surface area contributed by atoms with Crippen LogP contribution in [0.1, 0.15) is 18.4 Å². The van der Waals surface area contributed by atoms with E-state index in [1.807, 2.05) is 35.2 Å². The topological polar surface area (TPSA) is 107 Å². The van der Waals surface area contributed by atoms with Gasteiger partial charge in [0.15, 0.2) is 0 Å². The number of benzene rings is 1. The van der Waals surface area contributed by atoms with Crippen LogP contribution in [0.25, 0.3) is 0 Å². The summed E-state index contributed by atoms with van der Waals surface area (Å²) in [5.41, 5.74) is 5.91. The quantitative estimate of drug-likeness (QED) is 0.558. The van der Waals surface area contributed by atoms with Crippen LogP contribution in [0.5, 0.6) is 0 Å². The monoisotopic (exact) mass is 306 g/mol. The largest absolute Gasteiger partial charge is 0.480 e. The molecule has 1 aromatic carbocycles. The van der Waals surface area contributed by atoms with Gasteiger partial charge in [0.05, 0.1) is 0 Å².